The number of rotatable bonds is 9. The molecule has 0 aliphatic heterocycles. The molecule has 1 atom stereocenters. The highest BCUT2D eigenvalue weighted by Gasteiger charge is 2.02. The van der Waals surface area contributed by atoms with Crippen LogP contribution in [0.3, 0.4) is 0 Å². The Morgan fingerprint density at radius 2 is 2.44 bits per heavy atom. The fraction of sp³-hybridized carbons (Fsp3) is 0.538. The molecule has 0 saturated heterocycles. The van der Waals surface area contributed by atoms with Crippen molar-refractivity contribution in [3.63, 3.8) is 0 Å². The second-order valence-corrected chi connectivity index (χ2v) is 4.86. The van der Waals surface area contributed by atoms with Crippen molar-refractivity contribution in [2.45, 2.75) is 25.8 Å². The van der Waals surface area contributed by atoms with Gasteiger partial charge >= 0.3 is 0 Å². The number of hydrogen-bond acceptors (Lipinski definition) is 3. The van der Waals surface area contributed by atoms with Crippen LogP contribution in [-0.2, 0) is 11.2 Å². The molecule has 0 aromatic carbocycles. The SMILES string of the molecule is C=CCCOCCNC(C)Cc1cccs1. The Balaban J connectivity index is 1.98. The van der Waals surface area contributed by atoms with E-state index in [9.17, 15) is 0 Å². The van der Waals surface area contributed by atoms with Gasteiger partial charge in [0.2, 0.25) is 0 Å². The summed E-state index contributed by atoms with van der Waals surface area (Å²) >= 11 is 1.82. The summed E-state index contributed by atoms with van der Waals surface area (Å²) in [6.07, 6.45) is 3.92. The van der Waals surface area contributed by atoms with Gasteiger partial charge in [-0.05, 0) is 31.2 Å². The fourth-order valence-corrected chi connectivity index (χ4v) is 2.28. The summed E-state index contributed by atoms with van der Waals surface area (Å²) < 4.78 is 5.43. The maximum Gasteiger partial charge on any atom is 0.0591 e. The molecule has 1 heterocycles. The van der Waals surface area contributed by atoms with Crippen molar-refractivity contribution in [2.24, 2.45) is 0 Å². The van der Waals surface area contributed by atoms with Gasteiger partial charge in [-0.25, -0.2) is 0 Å². The van der Waals surface area contributed by atoms with Crippen LogP contribution in [0.1, 0.15) is 18.2 Å². The van der Waals surface area contributed by atoms with E-state index in [1.807, 2.05) is 17.4 Å². The Hall–Kier alpha value is -0.640. The Bertz CT molecular complexity index is 271. The third kappa shape index (κ3) is 6.05. The van der Waals surface area contributed by atoms with E-state index < -0.39 is 0 Å². The molecule has 0 amide bonds. The smallest absolute Gasteiger partial charge is 0.0591 e. The van der Waals surface area contributed by atoms with E-state index in [0.717, 1.165) is 32.6 Å². The average Bonchev–Trinajstić information content (AvgIpc) is 2.76. The van der Waals surface area contributed by atoms with Crippen LogP contribution in [0.15, 0.2) is 30.2 Å². The lowest BCUT2D eigenvalue weighted by molar-refractivity contribution is 0.138. The molecule has 0 aliphatic rings. The van der Waals surface area contributed by atoms with Gasteiger partial charge in [0, 0.05) is 17.5 Å². The predicted octanol–water partition coefficient (Wildman–Crippen LogP) is 2.86. The molecule has 0 radical (unpaired) electrons. The first kappa shape index (κ1) is 13.4. The minimum absolute atomic E-state index is 0.515. The number of thiophene rings is 1. The molecule has 2 nitrogen and oxygen atoms in total. The summed E-state index contributed by atoms with van der Waals surface area (Å²) in [5.41, 5.74) is 0. The second kappa shape index (κ2) is 8.50. The quantitative estimate of drug-likeness (QED) is 0.528. The highest BCUT2D eigenvalue weighted by molar-refractivity contribution is 7.09. The van der Waals surface area contributed by atoms with E-state index >= 15 is 0 Å². The molecular formula is C13H21NOS. The van der Waals surface area contributed by atoms with Gasteiger partial charge in [0.25, 0.3) is 0 Å². The summed E-state index contributed by atoms with van der Waals surface area (Å²) in [5.74, 6) is 0. The molecule has 3 heteroatoms. The first-order valence-electron chi connectivity index (χ1n) is 5.77. The van der Waals surface area contributed by atoms with Crippen LogP contribution in [0.2, 0.25) is 0 Å². The van der Waals surface area contributed by atoms with Gasteiger partial charge in [-0.2, -0.15) is 0 Å². The van der Waals surface area contributed by atoms with Crippen molar-refractivity contribution in [3.05, 3.63) is 35.0 Å². The molecule has 1 aromatic rings. The van der Waals surface area contributed by atoms with Crippen molar-refractivity contribution in [2.75, 3.05) is 19.8 Å². The minimum atomic E-state index is 0.515. The molecule has 0 spiro atoms. The minimum Gasteiger partial charge on any atom is -0.380 e. The van der Waals surface area contributed by atoms with Gasteiger partial charge in [0.15, 0.2) is 0 Å². The predicted molar refractivity (Wildman–Crippen MR) is 71.1 cm³/mol. The molecule has 1 unspecified atom stereocenters. The fourth-order valence-electron chi connectivity index (χ4n) is 1.45. The van der Waals surface area contributed by atoms with Crippen LogP contribution in [0.5, 0.6) is 0 Å². The normalized spacial score (nSPS) is 12.6. The zero-order valence-corrected chi connectivity index (χ0v) is 10.8. The average molecular weight is 239 g/mol. The van der Waals surface area contributed by atoms with Crippen LogP contribution < -0.4 is 5.32 Å². The van der Waals surface area contributed by atoms with Gasteiger partial charge in [0.1, 0.15) is 0 Å². The van der Waals surface area contributed by atoms with E-state index in [4.69, 9.17) is 4.74 Å². The van der Waals surface area contributed by atoms with Gasteiger partial charge in [-0.15, -0.1) is 17.9 Å². The van der Waals surface area contributed by atoms with Crippen LogP contribution in [0.4, 0.5) is 0 Å². The Morgan fingerprint density at radius 3 is 3.12 bits per heavy atom. The molecule has 1 aromatic heterocycles. The lowest BCUT2D eigenvalue weighted by Crippen LogP contribution is -2.31. The first-order valence-corrected chi connectivity index (χ1v) is 6.65. The topological polar surface area (TPSA) is 21.3 Å². The van der Waals surface area contributed by atoms with Crippen LogP contribution in [0.25, 0.3) is 0 Å². The highest BCUT2D eigenvalue weighted by Crippen LogP contribution is 2.10. The second-order valence-electron chi connectivity index (χ2n) is 3.83. The monoisotopic (exact) mass is 239 g/mol. The molecule has 1 N–H and O–H groups in total. The van der Waals surface area contributed by atoms with Crippen LogP contribution in [-0.4, -0.2) is 25.8 Å². The molecule has 0 aliphatic carbocycles. The largest absolute Gasteiger partial charge is 0.380 e. The standard InChI is InChI=1S/C13H21NOS/c1-3-4-8-15-9-7-14-12(2)11-13-6-5-10-16-13/h3,5-6,10,12,14H,1,4,7-9,11H2,2H3. The molecule has 0 fully saturated rings. The summed E-state index contributed by atoms with van der Waals surface area (Å²) in [4.78, 5) is 1.44. The number of ether oxygens (including phenoxy) is 1. The van der Waals surface area contributed by atoms with E-state index in [1.54, 1.807) is 0 Å². The van der Waals surface area contributed by atoms with Gasteiger partial charge in [0.05, 0.1) is 13.2 Å². The number of hydrogen-bond donors (Lipinski definition) is 1. The molecule has 1 rings (SSSR count). The van der Waals surface area contributed by atoms with Crippen molar-refractivity contribution >= 4 is 11.3 Å². The van der Waals surface area contributed by atoms with E-state index in [0.29, 0.717) is 6.04 Å². The molecule has 16 heavy (non-hydrogen) atoms. The third-order valence-electron chi connectivity index (χ3n) is 2.29. The maximum absolute atomic E-state index is 5.43. The first-order chi connectivity index (χ1) is 7.83. The van der Waals surface area contributed by atoms with E-state index in [1.165, 1.54) is 4.88 Å². The number of nitrogens with one attached hydrogen (secondary N) is 1. The van der Waals surface area contributed by atoms with Crippen molar-refractivity contribution < 1.29 is 4.74 Å². The highest BCUT2D eigenvalue weighted by atomic mass is 32.1. The summed E-state index contributed by atoms with van der Waals surface area (Å²) in [5, 5.41) is 5.58. The molecule has 90 valence electrons. The van der Waals surface area contributed by atoms with E-state index in [2.05, 4.69) is 36.3 Å². The molecular weight excluding hydrogens is 218 g/mol. The zero-order valence-electron chi connectivity index (χ0n) is 9.95. The van der Waals surface area contributed by atoms with Crippen LogP contribution in [0, 0.1) is 0 Å². The van der Waals surface area contributed by atoms with Gasteiger partial charge < -0.3 is 10.1 Å². The van der Waals surface area contributed by atoms with E-state index in [-0.39, 0.29) is 0 Å². The zero-order chi connectivity index (χ0) is 11.6. The van der Waals surface area contributed by atoms with Crippen molar-refractivity contribution in [1.82, 2.24) is 5.32 Å². The molecule has 0 saturated carbocycles. The third-order valence-corrected chi connectivity index (χ3v) is 3.19. The summed E-state index contributed by atoms with van der Waals surface area (Å²) in [6.45, 7) is 8.35. The summed E-state index contributed by atoms with van der Waals surface area (Å²) in [7, 11) is 0. The van der Waals surface area contributed by atoms with Gasteiger partial charge in [-0.3, -0.25) is 0 Å². The lowest BCUT2D eigenvalue weighted by atomic mass is 10.2. The van der Waals surface area contributed by atoms with Gasteiger partial charge in [-0.1, -0.05) is 12.1 Å². The molecule has 0 bridgehead atoms. The van der Waals surface area contributed by atoms with Crippen molar-refractivity contribution in [3.8, 4) is 0 Å². The lowest BCUT2D eigenvalue weighted by Gasteiger charge is -2.12. The Labute approximate surface area is 102 Å². The maximum atomic E-state index is 5.43. The van der Waals surface area contributed by atoms with Crippen molar-refractivity contribution in [1.29, 1.82) is 0 Å². The Morgan fingerprint density at radius 1 is 1.56 bits per heavy atom. The van der Waals surface area contributed by atoms with Crippen LogP contribution >= 0.6 is 11.3 Å². The Kier molecular flexibility index (Phi) is 7.14. The summed E-state index contributed by atoms with van der Waals surface area (Å²) in [6, 6.07) is 4.80.